The second-order valence-electron chi connectivity index (χ2n) is 7.55. The fraction of sp³-hybridized carbons (Fsp3) is 0.500. The Balaban J connectivity index is 1.28. The normalized spacial score (nSPS) is 14.5. The monoisotopic (exact) mass is 414 g/mol. The third kappa shape index (κ3) is 6.32. The fourth-order valence-electron chi connectivity index (χ4n) is 3.47. The highest BCUT2D eigenvalue weighted by atomic mass is 16.5. The molecule has 2 heterocycles. The molecular formula is C22H30N4O4. The van der Waals surface area contributed by atoms with Gasteiger partial charge in [0.05, 0.1) is 5.69 Å². The summed E-state index contributed by atoms with van der Waals surface area (Å²) in [5, 5.41) is 6.70. The SMILES string of the molecule is Cc1noc(C)c1CN1CCN(C(=O)CCCNC(=O)OCc2ccccc2)CC1. The van der Waals surface area contributed by atoms with Crippen LogP contribution in [0.4, 0.5) is 4.79 Å². The molecule has 2 aromatic rings. The molecule has 0 spiro atoms. The Morgan fingerprint density at radius 2 is 1.87 bits per heavy atom. The lowest BCUT2D eigenvalue weighted by atomic mass is 10.1. The molecule has 2 amide bonds. The lowest BCUT2D eigenvalue weighted by Crippen LogP contribution is -2.48. The van der Waals surface area contributed by atoms with Crippen LogP contribution in [-0.4, -0.2) is 59.7 Å². The third-order valence-corrected chi connectivity index (χ3v) is 5.34. The van der Waals surface area contributed by atoms with E-state index < -0.39 is 6.09 Å². The zero-order valence-electron chi connectivity index (χ0n) is 17.7. The first-order chi connectivity index (χ1) is 14.5. The van der Waals surface area contributed by atoms with Crippen LogP contribution in [0.5, 0.6) is 0 Å². The molecule has 1 N–H and O–H groups in total. The molecule has 1 aliphatic heterocycles. The van der Waals surface area contributed by atoms with Crippen LogP contribution in [0.15, 0.2) is 34.9 Å². The van der Waals surface area contributed by atoms with Crippen LogP contribution in [0.1, 0.15) is 35.4 Å². The van der Waals surface area contributed by atoms with Gasteiger partial charge in [-0.1, -0.05) is 35.5 Å². The summed E-state index contributed by atoms with van der Waals surface area (Å²) in [6.45, 7) is 8.45. The van der Waals surface area contributed by atoms with Crippen LogP contribution in [0, 0.1) is 13.8 Å². The number of hydrogen-bond donors (Lipinski definition) is 1. The summed E-state index contributed by atoms with van der Waals surface area (Å²) in [4.78, 5) is 28.4. The summed E-state index contributed by atoms with van der Waals surface area (Å²) in [5.41, 5.74) is 3.01. The number of nitrogens with one attached hydrogen (secondary N) is 1. The number of aryl methyl sites for hydroxylation is 2. The van der Waals surface area contributed by atoms with Crippen LogP contribution in [-0.2, 0) is 22.7 Å². The van der Waals surface area contributed by atoms with Crippen LogP contribution < -0.4 is 5.32 Å². The lowest BCUT2D eigenvalue weighted by Gasteiger charge is -2.34. The molecule has 0 radical (unpaired) electrons. The summed E-state index contributed by atoms with van der Waals surface area (Å²) < 4.78 is 10.4. The quantitative estimate of drug-likeness (QED) is 0.668. The predicted octanol–water partition coefficient (Wildman–Crippen LogP) is 2.64. The third-order valence-electron chi connectivity index (χ3n) is 5.34. The molecule has 1 fully saturated rings. The van der Waals surface area contributed by atoms with Crippen molar-refractivity contribution in [3.63, 3.8) is 0 Å². The standard InChI is InChI=1S/C22H30N4O4/c1-17-20(18(2)30-24-17)15-25-11-13-26(14-12-25)21(27)9-6-10-23-22(28)29-16-19-7-4-3-5-8-19/h3-5,7-8H,6,9-16H2,1-2H3,(H,23,28). The molecule has 3 rings (SSSR count). The summed E-state index contributed by atoms with van der Waals surface area (Å²) >= 11 is 0. The molecule has 0 bridgehead atoms. The number of ether oxygens (including phenoxy) is 1. The van der Waals surface area contributed by atoms with E-state index in [0.717, 1.165) is 55.3 Å². The smallest absolute Gasteiger partial charge is 0.407 e. The molecular weight excluding hydrogens is 384 g/mol. The van der Waals surface area contributed by atoms with Gasteiger partial charge in [-0.05, 0) is 25.8 Å². The van der Waals surface area contributed by atoms with E-state index in [1.54, 1.807) is 0 Å². The van der Waals surface area contributed by atoms with Crippen molar-refractivity contribution in [3.8, 4) is 0 Å². The Morgan fingerprint density at radius 1 is 1.13 bits per heavy atom. The van der Waals surface area contributed by atoms with E-state index in [2.05, 4.69) is 15.4 Å². The minimum atomic E-state index is -0.459. The van der Waals surface area contributed by atoms with Gasteiger partial charge >= 0.3 is 6.09 Å². The average Bonchev–Trinajstić information content (AvgIpc) is 3.08. The molecule has 0 atom stereocenters. The Bertz CT molecular complexity index is 809. The lowest BCUT2D eigenvalue weighted by molar-refractivity contribution is -0.133. The number of nitrogens with zero attached hydrogens (tertiary/aromatic N) is 3. The maximum atomic E-state index is 12.4. The first-order valence-electron chi connectivity index (χ1n) is 10.4. The molecule has 30 heavy (non-hydrogen) atoms. The second-order valence-corrected chi connectivity index (χ2v) is 7.55. The Labute approximate surface area is 177 Å². The Morgan fingerprint density at radius 3 is 2.53 bits per heavy atom. The number of piperazine rings is 1. The summed E-state index contributed by atoms with van der Waals surface area (Å²) in [6.07, 6.45) is 0.556. The topological polar surface area (TPSA) is 87.9 Å². The molecule has 0 unspecified atom stereocenters. The van der Waals surface area contributed by atoms with Crippen molar-refractivity contribution < 1.29 is 18.8 Å². The van der Waals surface area contributed by atoms with Gasteiger partial charge in [0, 0.05) is 51.3 Å². The molecule has 0 aliphatic carbocycles. The first kappa shape index (κ1) is 21.8. The van der Waals surface area contributed by atoms with E-state index in [4.69, 9.17) is 9.26 Å². The first-order valence-corrected chi connectivity index (χ1v) is 10.4. The van der Waals surface area contributed by atoms with Crippen LogP contribution in [0.3, 0.4) is 0 Å². The maximum Gasteiger partial charge on any atom is 0.407 e. The zero-order chi connectivity index (χ0) is 21.3. The number of rotatable bonds is 8. The van der Waals surface area contributed by atoms with Crippen molar-refractivity contribution in [2.45, 2.75) is 39.8 Å². The molecule has 0 saturated carbocycles. The van der Waals surface area contributed by atoms with Crippen molar-refractivity contribution in [2.24, 2.45) is 0 Å². The van der Waals surface area contributed by atoms with E-state index in [0.29, 0.717) is 19.4 Å². The van der Waals surface area contributed by atoms with Gasteiger partial charge in [0.2, 0.25) is 5.91 Å². The van der Waals surface area contributed by atoms with Crippen molar-refractivity contribution in [3.05, 3.63) is 52.9 Å². The van der Waals surface area contributed by atoms with Crippen molar-refractivity contribution in [1.29, 1.82) is 0 Å². The molecule has 8 nitrogen and oxygen atoms in total. The number of alkyl carbamates (subject to hydrolysis) is 1. The van der Waals surface area contributed by atoms with E-state index in [9.17, 15) is 9.59 Å². The minimum absolute atomic E-state index is 0.131. The van der Waals surface area contributed by atoms with E-state index in [-0.39, 0.29) is 12.5 Å². The molecule has 1 aromatic heterocycles. The molecule has 1 saturated heterocycles. The van der Waals surface area contributed by atoms with Crippen molar-refractivity contribution in [1.82, 2.24) is 20.3 Å². The maximum absolute atomic E-state index is 12.4. The molecule has 8 heteroatoms. The summed E-state index contributed by atoms with van der Waals surface area (Å²) in [6, 6.07) is 9.52. The highest BCUT2D eigenvalue weighted by molar-refractivity contribution is 5.76. The van der Waals surface area contributed by atoms with Gasteiger partial charge in [0.15, 0.2) is 0 Å². The molecule has 162 valence electrons. The molecule has 1 aliphatic rings. The van der Waals surface area contributed by atoms with Gasteiger partial charge in [-0.25, -0.2) is 4.79 Å². The highest BCUT2D eigenvalue weighted by Crippen LogP contribution is 2.16. The number of carbonyl (C=O) groups excluding carboxylic acids is 2. The molecule has 1 aromatic carbocycles. The predicted molar refractivity (Wildman–Crippen MR) is 112 cm³/mol. The largest absolute Gasteiger partial charge is 0.445 e. The van der Waals surface area contributed by atoms with Crippen LogP contribution in [0.25, 0.3) is 0 Å². The van der Waals surface area contributed by atoms with Gasteiger partial charge in [-0.15, -0.1) is 0 Å². The zero-order valence-corrected chi connectivity index (χ0v) is 17.7. The number of aromatic nitrogens is 1. The minimum Gasteiger partial charge on any atom is -0.445 e. The fourth-order valence-corrected chi connectivity index (χ4v) is 3.47. The van der Waals surface area contributed by atoms with Gasteiger partial charge in [0.1, 0.15) is 12.4 Å². The summed E-state index contributed by atoms with van der Waals surface area (Å²) in [5.74, 6) is 0.993. The average molecular weight is 415 g/mol. The van der Waals surface area contributed by atoms with Crippen LogP contribution >= 0.6 is 0 Å². The highest BCUT2D eigenvalue weighted by Gasteiger charge is 2.22. The van der Waals surface area contributed by atoms with Crippen molar-refractivity contribution in [2.75, 3.05) is 32.7 Å². The number of benzene rings is 1. The van der Waals surface area contributed by atoms with Gasteiger partial charge in [0.25, 0.3) is 0 Å². The van der Waals surface area contributed by atoms with Gasteiger partial charge < -0.3 is 19.5 Å². The van der Waals surface area contributed by atoms with Gasteiger partial charge in [-0.2, -0.15) is 0 Å². The van der Waals surface area contributed by atoms with E-state index in [1.165, 1.54) is 0 Å². The Kier molecular flexibility index (Phi) is 7.84. The van der Waals surface area contributed by atoms with E-state index in [1.807, 2.05) is 49.1 Å². The van der Waals surface area contributed by atoms with Crippen molar-refractivity contribution >= 4 is 12.0 Å². The summed E-state index contributed by atoms with van der Waals surface area (Å²) in [7, 11) is 0. The van der Waals surface area contributed by atoms with Gasteiger partial charge in [-0.3, -0.25) is 9.69 Å². The van der Waals surface area contributed by atoms with Crippen LogP contribution in [0.2, 0.25) is 0 Å². The second kappa shape index (κ2) is 10.8. The number of amides is 2. The number of hydrogen-bond acceptors (Lipinski definition) is 6. The Hall–Kier alpha value is -2.87. The number of carbonyl (C=O) groups is 2. The van der Waals surface area contributed by atoms with E-state index >= 15 is 0 Å².